The summed E-state index contributed by atoms with van der Waals surface area (Å²) < 4.78 is 0. The van der Waals surface area contributed by atoms with Gasteiger partial charge >= 0.3 is 0 Å². The van der Waals surface area contributed by atoms with Gasteiger partial charge in [-0.15, -0.1) is 0 Å². The molecule has 0 aromatic rings. The number of hydrogen-bond donors (Lipinski definition) is 1. The molecule has 170 valence electrons. The van der Waals surface area contributed by atoms with Crippen LogP contribution in [0.3, 0.4) is 0 Å². The summed E-state index contributed by atoms with van der Waals surface area (Å²) in [7, 11) is 1.96. The van der Waals surface area contributed by atoms with Gasteiger partial charge in [0, 0.05) is 32.7 Å². The molecule has 0 rings (SSSR count). The number of likely N-dealkylation sites (N-methyl/N-ethyl adjacent to an activating group) is 1. The van der Waals surface area contributed by atoms with E-state index in [9.17, 15) is 4.79 Å². The van der Waals surface area contributed by atoms with E-state index in [0.717, 1.165) is 71.1 Å². The van der Waals surface area contributed by atoms with Crippen LogP contribution in [-0.4, -0.2) is 60.5 Å². The highest BCUT2D eigenvalue weighted by atomic mass is 16.2. The molecule has 0 fully saturated rings. The van der Waals surface area contributed by atoms with Crippen molar-refractivity contribution in [1.29, 1.82) is 0 Å². The molecule has 0 saturated heterocycles. The minimum absolute atomic E-state index is 0.221. The molecule has 1 N–H and O–H groups in total. The van der Waals surface area contributed by atoms with E-state index < -0.39 is 5.54 Å². The van der Waals surface area contributed by atoms with Crippen molar-refractivity contribution in [2.24, 2.45) is 0 Å². The zero-order chi connectivity index (χ0) is 22.1. The lowest BCUT2D eigenvalue weighted by Gasteiger charge is -2.36. The van der Waals surface area contributed by atoms with Crippen LogP contribution in [0.4, 0.5) is 0 Å². The SMILES string of the molecule is CC/C=C\C/C=C\CCN(CCC)CCN(C)C(=O)C(C)(CCCC)NC(C)C. The Hall–Kier alpha value is -1.13. The van der Waals surface area contributed by atoms with Gasteiger partial charge in [-0.2, -0.15) is 0 Å². The number of nitrogens with zero attached hydrogens (tertiary/aromatic N) is 2. The molecule has 0 spiro atoms. The van der Waals surface area contributed by atoms with E-state index in [-0.39, 0.29) is 5.91 Å². The molecule has 0 heterocycles. The third kappa shape index (κ3) is 12.9. The van der Waals surface area contributed by atoms with Crippen molar-refractivity contribution in [3.63, 3.8) is 0 Å². The van der Waals surface area contributed by atoms with E-state index in [0.29, 0.717) is 6.04 Å². The molecule has 0 aliphatic rings. The number of amides is 1. The van der Waals surface area contributed by atoms with Gasteiger partial charge in [0.1, 0.15) is 0 Å². The Labute approximate surface area is 181 Å². The summed E-state index contributed by atoms with van der Waals surface area (Å²) in [5.41, 5.74) is -0.469. The topological polar surface area (TPSA) is 35.6 Å². The van der Waals surface area contributed by atoms with Crippen molar-refractivity contribution < 1.29 is 4.79 Å². The Morgan fingerprint density at radius 2 is 1.66 bits per heavy atom. The zero-order valence-corrected chi connectivity index (χ0v) is 20.5. The number of carbonyl (C=O) groups excluding carboxylic acids is 1. The average molecular weight is 408 g/mol. The maximum atomic E-state index is 13.2. The zero-order valence-electron chi connectivity index (χ0n) is 20.5. The molecule has 29 heavy (non-hydrogen) atoms. The Bertz CT molecular complexity index is 473. The Morgan fingerprint density at radius 3 is 2.24 bits per heavy atom. The minimum atomic E-state index is -0.469. The summed E-state index contributed by atoms with van der Waals surface area (Å²) in [6, 6.07) is 0.296. The summed E-state index contributed by atoms with van der Waals surface area (Å²) >= 11 is 0. The monoisotopic (exact) mass is 407 g/mol. The fraction of sp³-hybridized carbons (Fsp3) is 0.800. The predicted molar refractivity (Wildman–Crippen MR) is 128 cm³/mol. The lowest BCUT2D eigenvalue weighted by atomic mass is 9.92. The standard InChI is InChI=1S/C25H49N3O/c1-8-11-13-14-15-16-17-20-28(19-10-3)22-21-27(7)24(29)25(6,18-12-9-2)26-23(4)5/h11,13,15-16,23,26H,8-10,12,14,17-22H2,1-7H3/b13-11-,16-15-. The quantitative estimate of drug-likeness (QED) is 0.328. The van der Waals surface area contributed by atoms with Crippen molar-refractivity contribution in [3.8, 4) is 0 Å². The van der Waals surface area contributed by atoms with Crippen molar-refractivity contribution in [2.75, 3.05) is 33.2 Å². The van der Waals surface area contributed by atoms with Gasteiger partial charge in [0.05, 0.1) is 5.54 Å². The molecule has 1 unspecified atom stereocenters. The van der Waals surface area contributed by atoms with Crippen LogP contribution in [0, 0.1) is 0 Å². The van der Waals surface area contributed by atoms with Crippen LogP contribution in [0.5, 0.6) is 0 Å². The minimum Gasteiger partial charge on any atom is -0.343 e. The fourth-order valence-corrected chi connectivity index (χ4v) is 3.69. The van der Waals surface area contributed by atoms with E-state index in [1.54, 1.807) is 0 Å². The van der Waals surface area contributed by atoms with Gasteiger partial charge in [-0.05, 0) is 59.4 Å². The van der Waals surface area contributed by atoms with Crippen LogP contribution in [-0.2, 0) is 4.79 Å². The number of rotatable bonds is 17. The van der Waals surface area contributed by atoms with Gasteiger partial charge in [0.25, 0.3) is 0 Å². The molecule has 1 amide bonds. The first-order valence-corrected chi connectivity index (χ1v) is 11.9. The average Bonchev–Trinajstić information content (AvgIpc) is 2.68. The highest BCUT2D eigenvalue weighted by molar-refractivity contribution is 5.85. The normalized spacial score (nSPS) is 14.4. The van der Waals surface area contributed by atoms with Gasteiger partial charge in [-0.25, -0.2) is 0 Å². The summed E-state index contributed by atoms with van der Waals surface area (Å²) in [5, 5.41) is 3.53. The lowest BCUT2D eigenvalue weighted by molar-refractivity contribution is -0.137. The summed E-state index contributed by atoms with van der Waals surface area (Å²) in [6.45, 7) is 16.7. The van der Waals surface area contributed by atoms with Crippen LogP contribution in [0.15, 0.2) is 24.3 Å². The third-order valence-electron chi connectivity index (χ3n) is 5.20. The van der Waals surface area contributed by atoms with E-state index in [1.807, 2.05) is 11.9 Å². The number of nitrogens with one attached hydrogen (secondary N) is 1. The smallest absolute Gasteiger partial charge is 0.242 e. The van der Waals surface area contributed by atoms with E-state index in [1.165, 1.54) is 0 Å². The molecular weight excluding hydrogens is 358 g/mol. The molecule has 0 saturated carbocycles. The van der Waals surface area contributed by atoms with Crippen LogP contribution in [0.25, 0.3) is 0 Å². The molecule has 0 bridgehead atoms. The second-order valence-corrected chi connectivity index (χ2v) is 8.68. The van der Waals surface area contributed by atoms with Crippen LogP contribution >= 0.6 is 0 Å². The molecule has 0 radical (unpaired) electrons. The van der Waals surface area contributed by atoms with Gasteiger partial charge in [0.2, 0.25) is 5.91 Å². The Kier molecular flexibility index (Phi) is 16.0. The van der Waals surface area contributed by atoms with Crippen molar-refractivity contribution >= 4 is 5.91 Å². The molecule has 0 aliphatic heterocycles. The van der Waals surface area contributed by atoms with Gasteiger partial charge < -0.3 is 15.1 Å². The first kappa shape index (κ1) is 27.9. The van der Waals surface area contributed by atoms with Crippen LogP contribution in [0.2, 0.25) is 0 Å². The largest absolute Gasteiger partial charge is 0.343 e. The van der Waals surface area contributed by atoms with Gasteiger partial charge in [-0.3, -0.25) is 4.79 Å². The maximum Gasteiger partial charge on any atom is 0.242 e. The van der Waals surface area contributed by atoms with E-state index in [4.69, 9.17) is 0 Å². The molecule has 4 nitrogen and oxygen atoms in total. The molecule has 0 aliphatic carbocycles. The summed E-state index contributed by atoms with van der Waals surface area (Å²) in [5.74, 6) is 0.221. The van der Waals surface area contributed by atoms with Crippen molar-refractivity contribution in [2.45, 2.75) is 98.1 Å². The Balaban J connectivity index is 4.64. The number of unbranched alkanes of at least 4 members (excludes halogenated alkanes) is 1. The third-order valence-corrected chi connectivity index (χ3v) is 5.20. The second kappa shape index (κ2) is 16.6. The molecular formula is C25H49N3O. The first-order valence-electron chi connectivity index (χ1n) is 11.9. The molecule has 0 aromatic carbocycles. The predicted octanol–water partition coefficient (Wildman–Crippen LogP) is 5.41. The first-order chi connectivity index (χ1) is 13.8. The van der Waals surface area contributed by atoms with Crippen LogP contribution in [0.1, 0.15) is 86.5 Å². The summed E-state index contributed by atoms with van der Waals surface area (Å²) in [6.07, 6.45) is 16.4. The molecule has 1 atom stereocenters. The molecule has 4 heteroatoms. The van der Waals surface area contributed by atoms with Crippen LogP contribution < -0.4 is 5.32 Å². The fourth-order valence-electron chi connectivity index (χ4n) is 3.69. The maximum absolute atomic E-state index is 13.2. The van der Waals surface area contributed by atoms with Crippen molar-refractivity contribution in [3.05, 3.63) is 24.3 Å². The van der Waals surface area contributed by atoms with E-state index in [2.05, 4.69) is 76.1 Å². The molecule has 0 aromatic heterocycles. The number of carbonyl (C=O) groups is 1. The Morgan fingerprint density at radius 1 is 0.966 bits per heavy atom. The number of hydrogen-bond acceptors (Lipinski definition) is 3. The highest BCUT2D eigenvalue weighted by Crippen LogP contribution is 2.18. The second-order valence-electron chi connectivity index (χ2n) is 8.68. The number of allylic oxidation sites excluding steroid dienone is 3. The van der Waals surface area contributed by atoms with Gasteiger partial charge in [-0.1, -0.05) is 57.9 Å². The van der Waals surface area contributed by atoms with Crippen molar-refractivity contribution in [1.82, 2.24) is 15.1 Å². The van der Waals surface area contributed by atoms with Gasteiger partial charge in [0.15, 0.2) is 0 Å². The summed E-state index contributed by atoms with van der Waals surface area (Å²) in [4.78, 5) is 17.6. The lowest BCUT2D eigenvalue weighted by Crippen LogP contribution is -2.58. The van der Waals surface area contributed by atoms with E-state index >= 15 is 0 Å². The highest BCUT2D eigenvalue weighted by Gasteiger charge is 2.35.